The number of halogens is 2. The average Bonchev–Trinajstić information content (AvgIpc) is 2.59. The van der Waals surface area contributed by atoms with Crippen LogP contribution in [0, 0.1) is 5.82 Å². The summed E-state index contributed by atoms with van der Waals surface area (Å²) in [5.74, 6) is -0.654. The van der Waals surface area contributed by atoms with Crippen LogP contribution < -0.4 is 0 Å². The summed E-state index contributed by atoms with van der Waals surface area (Å²) in [6.45, 7) is 9.66. The van der Waals surface area contributed by atoms with Crippen LogP contribution in [0.3, 0.4) is 0 Å². The Kier molecular flexibility index (Phi) is 7.32. The van der Waals surface area contributed by atoms with Crippen molar-refractivity contribution in [1.29, 1.82) is 0 Å². The van der Waals surface area contributed by atoms with E-state index in [2.05, 4.69) is 0 Å². The highest BCUT2D eigenvalue weighted by Crippen LogP contribution is 2.26. The molecule has 1 heterocycles. The molecule has 1 aliphatic rings. The van der Waals surface area contributed by atoms with Crippen molar-refractivity contribution in [1.82, 2.24) is 9.80 Å². The van der Waals surface area contributed by atoms with Crippen LogP contribution in [0.5, 0.6) is 0 Å². The molecule has 156 valence electrons. The highest BCUT2D eigenvalue weighted by atomic mass is 35.5. The number of hydrogen-bond donors (Lipinski definition) is 0. The minimum atomic E-state index is -0.638. The molecule has 0 bridgehead atoms. The third-order valence-electron chi connectivity index (χ3n) is 4.71. The average molecular weight is 413 g/mol. The van der Waals surface area contributed by atoms with Crippen LogP contribution in [-0.4, -0.2) is 46.0 Å². The molecule has 0 radical (unpaired) electrons. The van der Waals surface area contributed by atoms with E-state index >= 15 is 0 Å². The van der Waals surface area contributed by atoms with E-state index in [1.807, 2.05) is 13.8 Å². The molecule has 1 aromatic rings. The fourth-order valence-corrected chi connectivity index (χ4v) is 3.51. The van der Waals surface area contributed by atoms with Crippen LogP contribution in [-0.2, 0) is 16.1 Å². The quantitative estimate of drug-likeness (QED) is 0.698. The molecule has 0 aromatic heterocycles. The maximum absolute atomic E-state index is 14.3. The molecule has 28 heavy (non-hydrogen) atoms. The summed E-state index contributed by atoms with van der Waals surface area (Å²) in [5.41, 5.74) is -0.355. The summed E-state index contributed by atoms with van der Waals surface area (Å²) < 4.78 is 19.8. The highest BCUT2D eigenvalue weighted by Gasteiger charge is 2.37. The summed E-state index contributed by atoms with van der Waals surface area (Å²) in [7, 11) is 0. The van der Waals surface area contributed by atoms with Crippen molar-refractivity contribution < 1.29 is 18.7 Å². The number of ether oxygens (including phenoxy) is 1. The molecular weight excluding hydrogens is 383 g/mol. The summed E-state index contributed by atoms with van der Waals surface area (Å²) in [6.07, 6.45) is 1.75. The predicted octanol–water partition coefficient (Wildman–Crippen LogP) is 5.01. The van der Waals surface area contributed by atoms with E-state index in [-0.39, 0.29) is 29.1 Å². The van der Waals surface area contributed by atoms with Gasteiger partial charge >= 0.3 is 6.09 Å². The first-order valence-electron chi connectivity index (χ1n) is 9.74. The van der Waals surface area contributed by atoms with Crippen molar-refractivity contribution >= 4 is 23.6 Å². The van der Waals surface area contributed by atoms with Crippen LogP contribution in [0.1, 0.15) is 59.4 Å². The Bertz CT molecular complexity index is 698. The van der Waals surface area contributed by atoms with E-state index in [0.717, 1.165) is 12.8 Å². The van der Waals surface area contributed by atoms with Crippen molar-refractivity contribution in [2.24, 2.45) is 0 Å². The second kappa shape index (κ2) is 9.12. The normalized spacial score (nSPS) is 17.6. The summed E-state index contributed by atoms with van der Waals surface area (Å²) in [4.78, 5) is 29.1. The standard InChI is InChI=1S/C21H30ClFN2O3/c1-14(2)25(13-15-16(22)9-8-10-17(15)23)19(26)18-11-6-7-12-24(18)20(27)28-21(3,4)5/h8-10,14,18H,6-7,11-13H2,1-5H3/t18-/m0/s1. The number of rotatable bonds is 4. The van der Waals surface area contributed by atoms with Gasteiger partial charge in [0.1, 0.15) is 17.5 Å². The van der Waals surface area contributed by atoms with Crippen molar-refractivity contribution in [2.75, 3.05) is 6.54 Å². The molecule has 1 fully saturated rings. The molecule has 0 N–H and O–H groups in total. The zero-order valence-corrected chi connectivity index (χ0v) is 18.1. The number of likely N-dealkylation sites (tertiary alicyclic amines) is 1. The topological polar surface area (TPSA) is 49.9 Å². The van der Waals surface area contributed by atoms with Gasteiger partial charge < -0.3 is 9.64 Å². The van der Waals surface area contributed by atoms with Crippen LogP contribution in [0.4, 0.5) is 9.18 Å². The fourth-order valence-electron chi connectivity index (χ4n) is 3.29. The molecule has 0 saturated carbocycles. The van der Waals surface area contributed by atoms with Crippen molar-refractivity contribution in [2.45, 2.75) is 78.1 Å². The van der Waals surface area contributed by atoms with Crippen LogP contribution in [0.15, 0.2) is 18.2 Å². The van der Waals surface area contributed by atoms with Gasteiger partial charge in [0.25, 0.3) is 0 Å². The maximum Gasteiger partial charge on any atom is 0.410 e. The maximum atomic E-state index is 14.3. The van der Waals surface area contributed by atoms with E-state index in [0.29, 0.717) is 13.0 Å². The number of piperidine rings is 1. The molecule has 2 rings (SSSR count). The Morgan fingerprint density at radius 1 is 1.32 bits per heavy atom. The smallest absolute Gasteiger partial charge is 0.410 e. The van der Waals surface area contributed by atoms with E-state index in [9.17, 15) is 14.0 Å². The van der Waals surface area contributed by atoms with Crippen molar-refractivity contribution in [3.63, 3.8) is 0 Å². The Morgan fingerprint density at radius 3 is 2.57 bits per heavy atom. The van der Waals surface area contributed by atoms with E-state index < -0.39 is 23.6 Å². The zero-order chi connectivity index (χ0) is 21.1. The van der Waals surface area contributed by atoms with Gasteiger partial charge in [0.15, 0.2) is 0 Å². The van der Waals surface area contributed by atoms with E-state index in [1.54, 1.807) is 31.7 Å². The molecule has 2 amide bonds. The number of carbonyl (C=O) groups is 2. The Morgan fingerprint density at radius 2 is 2.00 bits per heavy atom. The molecule has 1 atom stereocenters. The number of nitrogens with zero attached hydrogens (tertiary/aromatic N) is 2. The van der Waals surface area contributed by atoms with Gasteiger partial charge in [0, 0.05) is 23.2 Å². The number of benzene rings is 1. The van der Waals surface area contributed by atoms with Gasteiger partial charge in [-0.2, -0.15) is 0 Å². The van der Waals surface area contributed by atoms with Gasteiger partial charge in [0.2, 0.25) is 5.91 Å². The lowest BCUT2D eigenvalue weighted by Crippen LogP contribution is -2.55. The molecular formula is C21H30ClFN2O3. The Labute approximate surface area is 171 Å². The minimum Gasteiger partial charge on any atom is -0.444 e. The molecule has 7 heteroatoms. The third-order valence-corrected chi connectivity index (χ3v) is 5.07. The van der Waals surface area contributed by atoms with Gasteiger partial charge in [-0.05, 0) is 66.0 Å². The molecule has 1 saturated heterocycles. The van der Waals surface area contributed by atoms with E-state index in [1.165, 1.54) is 17.0 Å². The molecule has 0 spiro atoms. The largest absolute Gasteiger partial charge is 0.444 e. The van der Waals surface area contributed by atoms with E-state index in [4.69, 9.17) is 16.3 Å². The third kappa shape index (κ3) is 5.60. The van der Waals surface area contributed by atoms with Crippen LogP contribution in [0.2, 0.25) is 5.02 Å². The first kappa shape index (κ1) is 22.5. The lowest BCUT2D eigenvalue weighted by molar-refractivity contribution is -0.140. The van der Waals surface area contributed by atoms with Crippen LogP contribution >= 0.6 is 11.6 Å². The first-order valence-corrected chi connectivity index (χ1v) is 10.1. The van der Waals surface area contributed by atoms with Crippen molar-refractivity contribution in [3.05, 3.63) is 34.6 Å². The van der Waals surface area contributed by atoms with Gasteiger partial charge in [-0.15, -0.1) is 0 Å². The second-order valence-corrected chi connectivity index (χ2v) is 8.85. The van der Waals surface area contributed by atoms with Gasteiger partial charge in [-0.25, -0.2) is 9.18 Å². The first-order chi connectivity index (χ1) is 13.0. The molecule has 1 aromatic carbocycles. The number of carbonyl (C=O) groups excluding carboxylic acids is 2. The van der Waals surface area contributed by atoms with Gasteiger partial charge in [0.05, 0.1) is 6.54 Å². The Balaban J connectivity index is 2.25. The number of amides is 2. The minimum absolute atomic E-state index is 0.0562. The lowest BCUT2D eigenvalue weighted by Gasteiger charge is -2.39. The summed E-state index contributed by atoms with van der Waals surface area (Å²) in [6, 6.07) is 3.68. The number of hydrogen-bond acceptors (Lipinski definition) is 3. The summed E-state index contributed by atoms with van der Waals surface area (Å²) >= 11 is 6.16. The molecule has 0 aliphatic carbocycles. The second-order valence-electron chi connectivity index (χ2n) is 8.45. The van der Waals surface area contributed by atoms with Crippen molar-refractivity contribution in [3.8, 4) is 0 Å². The highest BCUT2D eigenvalue weighted by molar-refractivity contribution is 6.31. The van der Waals surface area contributed by atoms with Crippen LogP contribution in [0.25, 0.3) is 0 Å². The molecule has 5 nitrogen and oxygen atoms in total. The summed E-state index contributed by atoms with van der Waals surface area (Å²) in [5, 5.41) is 0.283. The Hall–Kier alpha value is -1.82. The molecule has 1 aliphatic heterocycles. The molecule has 0 unspecified atom stereocenters. The predicted molar refractivity (Wildman–Crippen MR) is 108 cm³/mol. The lowest BCUT2D eigenvalue weighted by atomic mass is 10.00. The fraction of sp³-hybridized carbons (Fsp3) is 0.619. The SMILES string of the molecule is CC(C)N(Cc1c(F)cccc1Cl)C(=O)[C@@H]1CCCCN1C(=O)OC(C)(C)C. The monoisotopic (exact) mass is 412 g/mol. The zero-order valence-electron chi connectivity index (χ0n) is 17.3. The van der Waals surface area contributed by atoms with Gasteiger partial charge in [-0.3, -0.25) is 9.69 Å². The van der Waals surface area contributed by atoms with Gasteiger partial charge in [-0.1, -0.05) is 17.7 Å².